The molecule has 2 saturated carbocycles. The van der Waals surface area contributed by atoms with Crippen molar-refractivity contribution >= 4 is 29.2 Å². The summed E-state index contributed by atoms with van der Waals surface area (Å²) < 4.78 is 4.84. The van der Waals surface area contributed by atoms with E-state index in [0.717, 1.165) is 5.56 Å². The lowest BCUT2D eigenvalue weighted by Crippen LogP contribution is -2.43. The zero-order valence-electron chi connectivity index (χ0n) is 16.3. The number of carbonyl (C=O) groups excluding carboxylic acids is 3. The van der Waals surface area contributed by atoms with Crippen molar-refractivity contribution in [3.05, 3.63) is 23.8 Å². The number of rotatable bonds is 6. The predicted molar refractivity (Wildman–Crippen MR) is 105 cm³/mol. The van der Waals surface area contributed by atoms with E-state index >= 15 is 0 Å². The van der Waals surface area contributed by atoms with Gasteiger partial charge >= 0.3 is 5.97 Å². The van der Waals surface area contributed by atoms with Gasteiger partial charge in [-0.3, -0.25) is 14.4 Å². The van der Waals surface area contributed by atoms with E-state index in [1.807, 2.05) is 0 Å². The number of benzene rings is 1. The predicted octanol–water partition coefficient (Wildman–Crippen LogP) is 2.01. The Kier molecular flexibility index (Phi) is 4.87. The van der Waals surface area contributed by atoms with E-state index in [-0.39, 0.29) is 24.2 Å². The lowest BCUT2D eigenvalue weighted by molar-refractivity contribution is -0.144. The van der Waals surface area contributed by atoms with Gasteiger partial charge in [-0.05, 0) is 61.1 Å². The lowest BCUT2D eigenvalue weighted by atomic mass is 9.88. The van der Waals surface area contributed by atoms with E-state index in [4.69, 9.17) is 10.5 Å². The van der Waals surface area contributed by atoms with Gasteiger partial charge in [-0.25, -0.2) is 0 Å². The van der Waals surface area contributed by atoms with E-state index in [0.29, 0.717) is 23.2 Å². The van der Waals surface area contributed by atoms with E-state index in [1.54, 1.807) is 25.2 Å². The SMILES string of the molecule is COC(=O)C1CC(=O)N(C)c2cc(NC(=O)[C@@H](N)C(C3CC3)C3CC3)ccc21. The highest BCUT2D eigenvalue weighted by Crippen LogP contribution is 2.50. The first-order valence-corrected chi connectivity index (χ1v) is 9.95. The smallest absolute Gasteiger partial charge is 0.313 e. The Labute approximate surface area is 164 Å². The van der Waals surface area contributed by atoms with Crippen LogP contribution in [0.25, 0.3) is 0 Å². The van der Waals surface area contributed by atoms with Crippen LogP contribution in [0.15, 0.2) is 18.2 Å². The first kappa shape index (κ1) is 18.9. The number of methoxy groups -OCH3 is 1. The molecule has 4 rings (SSSR count). The monoisotopic (exact) mass is 385 g/mol. The van der Waals surface area contributed by atoms with Crippen LogP contribution >= 0.6 is 0 Å². The molecule has 2 aliphatic carbocycles. The summed E-state index contributed by atoms with van der Waals surface area (Å²) in [5.41, 5.74) is 8.24. The third kappa shape index (κ3) is 3.51. The third-order valence-electron chi connectivity index (χ3n) is 6.32. The summed E-state index contributed by atoms with van der Waals surface area (Å²) in [5.74, 6) is 0.0417. The van der Waals surface area contributed by atoms with Crippen molar-refractivity contribution in [1.82, 2.24) is 0 Å². The minimum Gasteiger partial charge on any atom is -0.469 e. The van der Waals surface area contributed by atoms with E-state index in [1.165, 1.54) is 37.7 Å². The number of fused-ring (bicyclic) bond motifs is 1. The highest BCUT2D eigenvalue weighted by Gasteiger charge is 2.46. The molecule has 7 heteroatoms. The molecule has 0 radical (unpaired) electrons. The number of nitrogens with zero attached hydrogens (tertiary/aromatic N) is 1. The second-order valence-electron chi connectivity index (χ2n) is 8.27. The maximum absolute atomic E-state index is 12.8. The van der Waals surface area contributed by atoms with E-state index < -0.39 is 17.9 Å². The van der Waals surface area contributed by atoms with Crippen molar-refractivity contribution < 1.29 is 19.1 Å². The number of hydrogen-bond acceptors (Lipinski definition) is 5. The average Bonchev–Trinajstić information content (AvgIpc) is 3.59. The lowest BCUT2D eigenvalue weighted by Gasteiger charge is -2.31. The quantitative estimate of drug-likeness (QED) is 0.730. The van der Waals surface area contributed by atoms with Gasteiger partial charge < -0.3 is 20.7 Å². The Hall–Kier alpha value is -2.41. The van der Waals surface area contributed by atoms with Crippen LogP contribution in [0, 0.1) is 17.8 Å². The molecule has 2 atom stereocenters. The van der Waals surface area contributed by atoms with E-state index in [9.17, 15) is 14.4 Å². The molecule has 3 N–H and O–H groups in total. The van der Waals surface area contributed by atoms with Crippen LogP contribution in [0.2, 0.25) is 0 Å². The number of anilines is 2. The maximum atomic E-state index is 12.8. The number of amides is 2. The zero-order valence-corrected chi connectivity index (χ0v) is 16.3. The number of nitrogens with two attached hydrogens (primary N) is 1. The Morgan fingerprint density at radius 1 is 1.21 bits per heavy atom. The molecule has 3 aliphatic rings. The second kappa shape index (κ2) is 7.20. The van der Waals surface area contributed by atoms with Crippen LogP contribution < -0.4 is 16.0 Å². The van der Waals surface area contributed by atoms with Gasteiger partial charge in [-0.15, -0.1) is 0 Å². The topological polar surface area (TPSA) is 102 Å². The Morgan fingerprint density at radius 2 is 1.86 bits per heavy atom. The molecular weight excluding hydrogens is 358 g/mol. The summed E-state index contributed by atoms with van der Waals surface area (Å²) in [4.78, 5) is 38.6. The van der Waals surface area contributed by atoms with Gasteiger partial charge in [0.25, 0.3) is 0 Å². The fourth-order valence-corrected chi connectivity index (χ4v) is 4.45. The van der Waals surface area contributed by atoms with Crippen LogP contribution in [0.4, 0.5) is 11.4 Å². The first-order valence-electron chi connectivity index (χ1n) is 9.95. The Balaban J connectivity index is 1.54. The highest BCUT2D eigenvalue weighted by molar-refractivity contribution is 6.03. The molecule has 1 aromatic carbocycles. The molecular formula is C21H27N3O4. The van der Waals surface area contributed by atoms with Gasteiger partial charge in [0, 0.05) is 24.8 Å². The summed E-state index contributed by atoms with van der Waals surface area (Å²) in [5, 5.41) is 2.91. The van der Waals surface area contributed by atoms with Crippen molar-refractivity contribution in [2.45, 2.75) is 44.1 Å². The molecule has 150 valence electrons. The van der Waals surface area contributed by atoms with Crippen LogP contribution in [-0.2, 0) is 19.1 Å². The van der Waals surface area contributed by atoms with Crippen LogP contribution in [-0.4, -0.2) is 38.0 Å². The van der Waals surface area contributed by atoms with Crippen LogP contribution in [0.1, 0.15) is 43.6 Å². The molecule has 1 aromatic rings. The average molecular weight is 385 g/mol. The minimum atomic E-state index is -0.621. The first-order chi connectivity index (χ1) is 13.4. The molecule has 2 fully saturated rings. The Morgan fingerprint density at radius 3 is 2.43 bits per heavy atom. The fraction of sp³-hybridized carbons (Fsp3) is 0.571. The van der Waals surface area contributed by atoms with Crippen molar-refractivity contribution in [3.63, 3.8) is 0 Å². The molecule has 0 bridgehead atoms. The number of ether oxygens (including phenoxy) is 1. The number of hydrogen-bond donors (Lipinski definition) is 2. The molecule has 2 amide bonds. The molecule has 1 aliphatic heterocycles. The standard InChI is InChI=1S/C21H27N3O4/c1-24-16-9-13(7-8-14(16)15(10-17(24)25)21(27)28-2)23-20(26)19(22)18(11-3-4-11)12-5-6-12/h7-9,11-12,15,18-19H,3-6,10,22H2,1-2H3,(H,23,26)/t15?,19-/m0/s1. The third-order valence-corrected chi connectivity index (χ3v) is 6.32. The molecule has 1 unspecified atom stereocenters. The second-order valence-corrected chi connectivity index (χ2v) is 8.27. The number of esters is 1. The minimum absolute atomic E-state index is 0.0806. The molecule has 28 heavy (non-hydrogen) atoms. The van der Waals surface area contributed by atoms with Crippen LogP contribution in [0.3, 0.4) is 0 Å². The van der Waals surface area contributed by atoms with Gasteiger partial charge in [-0.2, -0.15) is 0 Å². The zero-order chi connectivity index (χ0) is 20.0. The number of carbonyl (C=O) groups is 3. The van der Waals surface area contributed by atoms with Gasteiger partial charge in [0.1, 0.15) is 0 Å². The van der Waals surface area contributed by atoms with Gasteiger partial charge in [-0.1, -0.05) is 6.07 Å². The number of nitrogens with one attached hydrogen (secondary N) is 1. The summed E-state index contributed by atoms with van der Waals surface area (Å²) in [6.07, 6.45) is 4.76. The summed E-state index contributed by atoms with van der Waals surface area (Å²) >= 11 is 0. The summed E-state index contributed by atoms with van der Waals surface area (Å²) in [7, 11) is 2.99. The van der Waals surface area contributed by atoms with Gasteiger partial charge in [0.05, 0.1) is 19.1 Å². The summed E-state index contributed by atoms with van der Waals surface area (Å²) in [6, 6.07) is 4.75. The normalized spacial score (nSPS) is 22.6. The van der Waals surface area contributed by atoms with Crippen molar-refractivity contribution in [2.24, 2.45) is 23.5 Å². The maximum Gasteiger partial charge on any atom is 0.313 e. The largest absolute Gasteiger partial charge is 0.469 e. The van der Waals surface area contributed by atoms with Gasteiger partial charge in [0.2, 0.25) is 11.8 Å². The van der Waals surface area contributed by atoms with Crippen molar-refractivity contribution in [2.75, 3.05) is 24.4 Å². The van der Waals surface area contributed by atoms with E-state index in [2.05, 4.69) is 5.32 Å². The van der Waals surface area contributed by atoms with Crippen LogP contribution in [0.5, 0.6) is 0 Å². The molecule has 1 heterocycles. The molecule has 0 spiro atoms. The highest BCUT2D eigenvalue weighted by atomic mass is 16.5. The molecule has 0 saturated heterocycles. The van der Waals surface area contributed by atoms with Crippen molar-refractivity contribution in [3.8, 4) is 0 Å². The summed E-state index contributed by atoms with van der Waals surface area (Å²) in [6.45, 7) is 0. The fourth-order valence-electron chi connectivity index (χ4n) is 4.45. The molecule has 0 aromatic heterocycles. The van der Waals surface area contributed by atoms with Gasteiger partial charge in [0.15, 0.2) is 0 Å². The Bertz CT molecular complexity index is 804. The molecule has 7 nitrogen and oxygen atoms in total. The van der Waals surface area contributed by atoms with Crippen molar-refractivity contribution in [1.29, 1.82) is 0 Å².